The summed E-state index contributed by atoms with van der Waals surface area (Å²) >= 11 is 0. The van der Waals surface area contributed by atoms with Crippen molar-refractivity contribution in [3.63, 3.8) is 0 Å². The van der Waals surface area contributed by atoms with Crippen LogP contribution in [0.3, 0.4) is 0 Å². The third-order valence-corrected chi connectivity index (χ3v) is 4.91. The molecular weight excluding hydrogens is 346 g/mol. The lowest BCUT2D eigenvalue weighted by molar-refractivity contribution is 0.866. The molecule has 146 valence electrons. The van der Waals surface area contributed by atoms with Gasteiger partial charge in [0.1, 0.15) is 5.82 Å². The van der Waals surface area contributed by atoms with Crippen LogP contribution in [-0.2, 0) is 0 Å². The van der Waals surface area contributed by atoms with Crippen molar-refractivity contribution in [3.05, 3.63) is 65.9 Å². The molecule has 28 heavy (non-hydrogen) atoms. The van der Waals surface area contributed by atoms with Gasteiger partial charge in [0.2, 0.25) is 5.95 Å². The van der Waals surface area contributed by atoms with E-state index in [2.05, 4.69) is 71.2 Å². The van der Waals surface area contributed by atoms with Crippen LogP contribution in [0.25, 0.3) is 0 Å². The van der Waals surface area contributed by atoms with Crippen LogP contribution in [0.1, 0.15) is 25.1 Å². The molecule has 0 radical (unpaired) electrons. The van der Waals surface area contributed by atoms with E-state index in [0.29, 0.717) is 5.95 Å². The molecule has 5 nitrogen and oxygen atoms in total. The first kappa shape index (κ1) is 19.7. The van der Waals surface area contributed by atoms with Crippen LogP contribution in [0, 0.1) is 13.8 Å². The third-order valence-electron chi connectivity index (χ3n) is 4.91. The molecule has 3 aromatic rings. The average Bonchev–Trinajstić information content (AvgIpc) is 2.70. The number of benzene rings is 2. The lowest BCUT2D eigenvalue weighted by Crippen LogP contribution is -2.21. The van der Waals surface area contributed by atoms with Crippen LogP contribution in [0.15, 0.2) is 54.6 Å². The largest absolute Gasteiger partial charge is 0.372 e. The van der Waals surface area contributed by atoms with E-state index in [0.717, 1.165) is 36.0 Å². The summed E-state index contributed by atoms with van der Waals surface area (Å²) in [4.78, 5) is 13.7. The Morgan fingerprint density at radius 3 is 2.21 bits per heavy atom. The maximum Gasteiger partial charge on any atom is 0.229 e. The van der Waals surface area contributed by atoms with Crippen LogP contribution >= 0.6 is 0 Å². The van der Waals surface area contributed by atoms with Crippen LogP contribution in [0.2, 0.25) is 0 Å². The molecule has 0 fully saturated rings. The molecule has 1 heterocycles. The molecule has 0 atom stereocenters. The molecule has 3 rings (SSSR count). The maximum absolute atomic E-state index is 4.73. The van der Waals surface area contributed by atoms with Crippen molar-refractivity contribution in [1.29, 1.82) is 0 Å². The van der Waals surface area contributed by atoms with Gasteiger partial charge >= 0.3 is 0 Å². The molecule has 5 heteroatoms. The molecule has 2 aromatic carbocycles. The number of rotatable bonds is 7. The van der Waals surface area contributed by atoms with Gasteiger partial charge in [0.15, 0.2) is 0 Å². The van der Waals surface area contributed by atoms with E-state index in [1.165, 1.54) is 11.3 Å². The number of hydrogen-bond donors (Lipinski definition) is 1. The molecule has 0 bridgehead atoms. The Morgan fingerprint density at radius 1 is 0.857 bits per heavy atom. The highest BCUT2D eigenvalue weighted by Gasteiger charge is 2.10. The van der Waals surface area contributed by atoms with Crippen molar-refractivity contribution >= 4 is 28.8 Å². The fourth-order valence-electron chi connectivity index (χ4n) is 3.26. The minimum absolute atomic E-state index is 0.608. The Kier molecular flexibility index (Phi) is 6.14. The van der Waals surface area contributed by atoms with Crippen LogP contribution < -0.4 is 15.1 Å². The Morgan fingerprint density at radius 2 is 1.57 bits per heavy atom. The molecule has 0 amide bonds. The van der Waals surface area contributed by atoms with E-state index < -0.39 is 0 Å². The lowest BCUT2D eigenvalue weighted by Gasteiger charge is -2.22. The second-order valence-corrected chi connectivity index (χ2v) is 6.88. The normalized spacial score (nSPS) is 10.6. The summed E-state index contributed by atoms with van der Waals surface area (Å²) in [5.74, 6) is 1.47. The highest BCUT2D eigenvalue weighted by Crippen LogP contribution is 2.27. The highest BCUT2D eigenvalue weighted by atomic mass is 15.2. The molecule has 0 aliphatic carbocycles. The van der Waals surface area contributed by atoms with Gasteiger partial charge in [0.25, 0.3) is 0 Å². The Hall–Kier alpha value is -3.08. The van der Waals surface area contributed by atoms with Gasteiger partial charge in [0.05, 0.1) is 0 Å². The number of aryl methyl sites for hydroxylation is 2. The van der Waals surface area contributed by atoms with E-state index >= 15 is 0 Å². The van der Waals surface area contributed by atoms with Gasteiger partial charge in [-0.2, -0.15) is 4.98 Å². The van der Waals surface area contributed by atoms with E-state index in [9.17, 15) is 0 Å². The van der Waals surface area contributed by atoms with Crippen molar-refractivity contribution in [3.8, 4) is 0 Å². The van der Waals surface area contributed by atoms with Crippen LogP contribution in [-0.4, -0.2) is 30.1 Å². The molecule has 0 spiro atoms. The topological polar surface area (TPSA) is 44.3 Å². The minimum atomic E-state index is 0.608. The van der Waals surface area contributed by atoms with Gasteiger partial charge in [-0.1, -0.05) is 18.2 Å². The molecule has 1 N–H and O–H groups in total. The van der Waals surface area contributed by atoms with Crippen molar-refractivity contribution in [1.82, 2.24) is 9.97 Å². The standard InChI is InChI=1S/C23H29N5/c1-6-28(7-2)20-13-14-21(17(3)15-20)25-23-24-18(4)16-22(26-23)27(5)19-11-9-8-10-12-19/h8-16H,6-7H2,1-5H3,(H,24,25,26). The Bertz CT molecular complexity index is 920. The summed E-state index contributed by atoms with van der Waals surface area (Å²) in [6.07, 6.45) is 0. The summed E-state index contributed by atoms with van der Waals surface area (Å²) in [6.45, 7) is 10.5. The zero-order valence-electron chi connectivity index (χ0n) is 17.4. The molecule has 0 aliphatic rings. The molecular formula is C23H29N5. The average molecular weight is 376 g/mol. The number of hydrogen-bond acceptors (Lipinski definition) is 5. The first-order valence-electron chi connectivity index (χ1n) is 9.79. The monoisotopic (exact) mass is 375 g/mol. The van der Waals surface area contributed by atoms with Gasteiger partial charge in [-0.05, 0) is 63.6 Å². The molecule has 0 saturated carbocycles. The highest BCUT2D eigenvalue weighted by molar-refractivity contribution is 5.66. The number of aromatic nitrogens is 2. The van der Waals surface area contributed by atoms with Crippen molar-refractivity contribution in [2.45, 2.75) is 27.7 Å². The zero-order chi connectivity index (χ0) is 20.1. The minimum Gasteiger partial charge on any atom is -0.372 e. The van der Waals surface area contributed by atoms with E-state index in [-0.39, 0.29) is 0 Å². The second-order valence-electron chi connectivity index (χ2n) is 6.88. The Balaban J connectivity index is 1.86. The second kappa shape index (κ2) is 8.74. The Labute approximate surface area is 168 Å². The maximum atomic E-state index is 4.73. The zero-order valence-corrected chi connectivity index (χ0v) is 17.4. The first-order chi connectivity index (χ1) is 13.5. The van der Waals surface area contributed by atoms with Gasteiger partial charge in [-0.3, -0.25) is 0 Å². The molecule has 1 aromatic heterocycles. The number of nitrogens with one attached hydrogen (secondary N) is 1. The van der Waals surface area contributed by atoms with Gasteiger partial charge in [0, 0.05) is 49.0 Å². The SMILES string of the molecule is CCN(CC)c1ccc(Nc2nc(C)cc(N(C)c3ccccc3)n2)c(C)c1. The fourth-order valence-corrected chi connectivity index (χ4v) is 3.26. The quantitative estimate of drug-likeness (QED) is 0.595. The van der Waals surface area contributed by atoms with Crippen molar-refractivity contribution in [2.75, 3.05) is 35.3 Å². The van der Waals surface area contributed by atoms with Gasteiger partial charge in [-0.15, -0.1) is 0 Å². The number of anilines is 5. The smallest absolute Gasteiger partial charge is 0.229 e. The lowest BCUT2D eigenvalue weighted by atomic mass is 10.1. The summed E-state index contributed by atoms with van der Waals surface area (Å²) in [7, 11) is 2.02. The molecule has 0 aliphatic heterocycles. The summed E-state index contributed by atoms with van der Waals surface area (Å²) in [6, 6.07) is 18.7. The number of nitrogens with zero attached hydrogens (tertiary/aromatic N) is 4. The first-order valence-corrected chi connectivity index (χ1v) is 9.79. The predicted octanol–water partition coefficient (Wildman–Crippen LogP) is 5.45. The van der Waals surface area contributed by atoms with Gasteiger partial charge in [-0.25, -0.2) is 4.98 Å². The summed E-state index contributed by atoms with van der Waals surface area (Å²) < 4.78 is 0. The van der Waals surface area contributed by atoms with Crippen molar-refractivity contribution in [2.24, 2.45) is 0 Å². The van der Waals surface area contributed by atoms with Crippen LogP contribution in [0.4, 0.5) is 28.8 Å². The number of para-hydroxylation sites is 1. The van der Waals surface area contributed by atoms with E-state index in [1.54, 1.807) is 0 Å². The van der Waals surface area contributed by atoms with Crippen molar-refractivity contribution < 1.29 is 0 Å². The summed E-state index contributed by atoms with van der Waals surface area (Å²) in [5, 5.41) is 3.39. The summed E-state index contributed by atoms with van der Waals surface area (Å²) in [5.41, 5.74) is 5.45. The molecule has 0 unspecified atom stereocenters. The molecule has 0 saturated heterocycles. The fraction of sp³-hybridized carbons (Fsp3) is 0.304. The van der Waals surface area contributed by atoms with Gasteiger partial charge < -0.3 is 15.1 Å². The van der Waals surface area contributed by atoms with Crippen LogP contribution in [0.5, 0.6) is 0 Å². The predicted molar refractivity (Wildman–Crippen MR) is 119 cm³/mol. The third kappa shape index (κ3) is 4.42. The van der Waals surface area contributed by atoms with E-state index in [4.69, 9.17) is 4.98 Å². The van der Waals surface area contributed by atoms with E-state index in [1.807, 2.05) is 38.2 Å².